The predicted molar refractivity (Wildman–Crippen MR) is 41.9 cm³/mol. The molecule has 0 bridgehead atoms. The topological polar surface area (TPSA) is 12.9 Å². The Balaban J connectivity index is 3.01. The summed E-state index contributed by atoms with van der Waals surface area (Å²) < 4.78 is 13.2. The van der Waals surface area contributed by atoms with Gasteiger partial charge in [-0.3, -0.25) is 0 Å². The summed E-state index contributed by atoms with van der Waals surface area (Å²) in [6.45, 7) is 0. The lowest BCUT2D eigenvalue weighted by Crippen LogP contribution is -1.87. The summed E-state index contributed by atoms with van der Waals surface area (Å²) >= 11 is 2.10. The predicted octanol–water partition coefficient (Wildman–Crippen LogP) is 2.16. The Bertz CT molecular complexity index is 202. The molecule has 0 aromatic carbocycles. The summed E-state index contributed by atoms with van der Waals surface area (Å²) in [6, 6.07) is 3.46. The lowest BCUT2D eigenvalue weighted by atomic mass is 10.3. The average molecular weight is 237 g/mol. The van der Waals surface area contributed by atoms with Crippen LogP contribution in [0, 0.1) is 5.95 Å². The van der Waals surface area contributed by atoms with Crippen molar-refractivity contribution in [3.8, 4) is 0 Å². The van der Waals surface area contributed by atoms with Crippen LogP contribution in [0.15, 0.2) is 18.3 Å². The second-order valence-electron chi connectivity index (χ2n) is 1.59. The number of pyridine rings is 1. The van der Waals surface area contributed by atoms with Gasteiger partial charge in [-0.05, 0) is 6.07 Å². The SMILES string of the molecule is Fc1ncccc1CI. The number of nitrogens with zero attached hydrogens (tertiary/aromatic N) is 1. The third-order valence-corrected chi connectivity index (χ3v) is 1.80. The monoisotopic (exact) mass is 237 g/mol. The molecule has 0 unspecified atom stereocenters. The molecule has 0 aliphatic rings. The third kappa shape index (κ3) is 1.61. The highest BCUT2D eigenvalue weighted by Crippen LogP contribution is 2.06. The minimum absolute atomic E-state index is 0.355. The van der Waals surface area contributed by atoms with Crippen molar-refractivity contribution in [2.24, 2.45) is 0 Å². The van der Waals surface area contributed by atoms with Gasteiger partial charge in [0.2, 0.25) is 5.95 Å². The van der Waals surface area contributed by atoms with Gasteiger partial charge in [-0.1, -0.05) is 28.7 Å². The van der Waals surface area contributed by atoms with Crippen molar-refractivity contribution >= 4 is 22.6 Å². The first-order chi connectivity index (χ1) is 4.34. The van der Waals surface area contributed by atoms with E-state index in [1.165, 1.54) is 6.20 Å². The first-order valence-corrected chi connectivity index (χ1v) is 4.02. The average Bonchev–Trinajstić information content (AvgIpc) is 1.89. The first kappa shape index (κ1) is 6.92. The molecule has 0 amide bonds. The van der Waals surface area contributed by atoms with E-state index in [4.69, 9.17) is 0 Å². The van der Waals surface area contributed by atoms with E-state index in [1.54, 1.807) is 12.1 Å². The van der Waals surface area contributed by atoms with Gasteiger partial charge in [-0.15, -0.1) is 0 Å². The van der Waals surface area contributed by atoms with Crippen molar-refractivity contribution in [2.45, 2.75) is 4.43 Å². The summed E-state index contributed by atoms with van der Waals surface area (Å²) in [5.41, 5.74) is 0.665. The zero-order chi connectivity index (χ0) is 6.69. The highest BCUT2D eigenvalue weighted by molar-refractivity contribution is 14.1. The van der Waals surface area contributed by atoms with Crippen molar-refractivity contribution in [3.05, 3.63) is 29.8 Å². The Morgan fingerprint density at radius 2 is 2.44 bits per heavy atom. The first-order valence-electron chi connectivity index (χ1n) is 2.50. The molecule has 0 fully saturated rings. The minimum atomic E-state index is -0.355. The maximum absolute atomic E-state index is 12.5. The molecule has 0 aliphatic heterocycles. The number of hydrogen-bond acceptors (Lipinski definition) is 1. The van der Waals surface area contributed by atoms with E-state index in [-0.39, 0.29) is 5.95 Å². The molecule has 0 radical (unpaired) electrons. The van der Waals surface area contributed by atoms with Crippen molar-refractivity contribution < 1.29 is 4.39 Å². The molecule has 1 rings (SSSR count). The van der Waals surface area contributed by atoms with E-state index in [9.17, 15) is 4.39 Å². The van der Waals surface area contributed by atoms with Gasteiger partial charge in [0, 0.05) is 16.2 Å². The van der Waals surface area contributed by atoms with Crippen LogP contribution in [0.25, 0.3) is 0 Å². The molecule has 0 N–H and O–H groups in total. The van der Waals surface area contributed by atoms with Crippen molar-refractivity contribution in [1.82, 2.24) is 4.98 Å². The van der Waals surface area contributed by atoms with Crippen molar-refractivity contribution in [3.63, 3.8) is 0 Å². The van der Waals surface area contributed by atoms with Crippen molar-refractivity contribution in [2.75, 3.05) is 0 Å². The van der Waals surface area contributed by atoms with Crippen LogP contribution < -0.4 is 0 Å². The number of alkyl halides is 1. The molecule has 0 saturated carbocycles. The molecule has 0 saturated heterocycles. The third-order valence-electron chi connectivity index (χ3n) is 0.980. The molecule has 1 heterocycles. The summed E-state index contributed by atoms with van der Waals surface area (Å²) in [7, 11) is 0. The van der Waals surface area contributed by atoms with Crippen LogP contribution in [-0.4, -0.2) is 4.98 Å². The largest absolute Gasteiger partial charge is 0.228 e. The molecule has 1 aromatic heterocycles. The molecule has 3 heteroatoms. The second kappa shape index (κ2) is 3.10. The fourth-order valence-corrected chi connectivity index (χ4v) is 1.09. The van der Waals surface area contributed by atoms with Crippen LogP contribution in [-0.2, 0) is 4.43 Å². The van der Waals surface area contributed by atoms with E-state index in [2.05, 4.69) is 27.6 Å². The lowest BCUT2D eigenvalue weighted by Gasteiger charge is -1.92. The van der Waals surface area contributed by atoms with Gasteiger partial charge >= 0.3 is 0 Å². The van der Waals surface area contributed by atoms with Gasteiger partial charge in [0.15, 0.2) is 0 Å². The smallest absolute Gasteiger partial charge is 0.216 e. The van der Waals surface area contributed by atoms with Crippen LogP contribution in [0.3, 0.4) is 0 Å². The maximum Gasteiger partial charge on any atom is 0.216 e. The van der Waals surface area contributed by atoms with Crippen LogP contribution in [0.4, 0.5) is 4.39 Å². The molecule has 1 aromatic rings. The molecular formula is C6H5FIN. The summed E-state index contributed by atoms with van der Waals surface area (Å²) in [5, 5.41) is 0. The zero-order valence-electron chi connectivity index (χ0n) is 4.64. The second-order valence-corrected chi connectivity index (χ2v) is 2.35. The number of hydrogen-bond donors (Lipinski definition) is 0. The molecule has 48 valence electrons. The number of rotatable bonds is 1. The van der Waals surface area contributed by atoms with E-state index in [0.29, 0.717) is 9.99 Å². The van der Waals surface area contributed by atoms with Gasteiger partial charge in [0.25, 0.3) is 0 Å². The molecular weight excluding hydrogens is 232 g/mol. The standard InChI is InChI=1S/C6H5FIN/c7-6-5(4-8)2-1-3-9-6/h1-3H,4H2. The van der Waals surface area contributed by atoms with Gasteiger partial charge in [-0.2, -0.15) is 4.39 Å². The van der Waals surface area contributed by atoms with Gasteiger partial charge in [0.1, 0.15) is 0 Å². The summed E-state index contributed by atoms with van der Waals surface area (Å²) in [5.74, 6) is -0.355. The van der Waals surface area contributed by atoms with Crippen molar-refractivity contribution in [1.29, 1.82) is 0 Å². The van der Waals surface area contributed by atoms with E-state index in [0.717, 1.165) is 0 Å². The summed E-state index contributed by atoms with van der Waals surface area (Å²) in [4.78, 5) is 3.48. The Morgan fingerprint density at radius 3 is 2.89 bits per heavy atom. The van der Waals surface area contributed by atoms with Crippen LogP contribution in [0.1, 0.15) is 5.56 Å². The summed E-state index contributed by atoms with van der Waals surface area (Å²) in [6.07, 6.45) is 1.45. The fraction of sp³-hybridized carbons (Fsp3) is 0.167. The van der Waals surface area contributed by atoms with E-state index >= 15 is 0 Å². The highest BCUT2D eigenvalue weighted by Gasteiger charge is 1.96. The Kier molecular flexibility index (Phi) is 2.38. The van der Waals surface area contributed by atoms with Crippen LogP contribution in [0.5, 0.6) is 0 Å². The zero-order valence-corrected chi connectivity index (χ0v) is 6.80. The van der Waals surface area contributed by atoms with Gasteiger partial charge in [0.05, 0.1) is 0 Å². The molecule has 9 heavy (non-hydrogen) atoms. The van der Waals surface area contributed by atoms with E-state index < -0.39 is 0 Å². The number of aromatic nitrogens is 1. The quantitative estimate of drug-likeness (QED) is 0.414. The minimum Gasteiger partial charge on any atom is -0.228 e. The fourth-order valence-electron chi connectivity index (χ4n) is 0.519. The highest BCUT2D eigenvalue weighted by atomic mass is 127. The maximum atomic E-state index is 12.5. The molecule has 0 atom stereocenters. The molecule has 0 spiro atoms. The lowest BCUT2D eigenvalue weighted by molar-refractivity contribution is 0.574. The molecule has 0 aliphatic carbocycles. The van der Waals surface area contributed by atoms with Gasteiger partial charge < -0.3 is 0 Å². The van der Waals surface area contributed by atoms with Crippen LogP contribution >= 0.6 is 22.6 Å². The number of halogens is 2. The Morgan fingerprint density at radius 1 is 1.67 bits per heavy atom. The Labute approximate surface area is 66.4 Å². The normalized spacial score (nSPS) is 9.56. The van der Waals surface area contributed by atoms with Gasteiger partial charge in [-0.25, -0.2) is 4.98 Å². The molecule has 1 nitrogen and oxygen atoms in total. The van der Waals surface area contributed by atoms with E-state index in [1.807, 2.05) is 0 Å². The van der Waals surface area contributed by atoms with Crippen LogP contribution in [0.2, 0.25) is 0 Å². The Hall–Kier alpha value is -0.190.